The van der Waals surface area contributed by atoms with Gasteiger partial charge in [-0.15, -0.1) is 0 Å². The molecule has 1 fully saturated rings. The van der Waals surface area contributed by atoms with Crippen molar-refractivity contribution in [2.75, 3.05) is 26.7 Å². The summed E-state index contributed by atoms with van der Waals surface area (Å²) in [4.78, 5) is 2.55. The first kappa shape index (κ1) is 15.3. The summed E-state index contributed by atoms with van der Waals surface area (Å²) in [6, 6.07) is 6.78. The molecule has 2 unspecified atom stereocenters. The molecule has 0 bridgehead atoms. The monoisotopic (exact) mass is 352 g/mol. The summed E-state index contributed by atoms with van der Waals surface area (Å²) in [6.45, 7) is 5.76. The third-order valence-corrected chi connectivity index (χ3v) is 5.53. The van der Waals surface area contributed by atoms with Crippen LogP contribution in [0.15, 0.2) is 22.7 Å². The van der Waals surface area contributed by atoms with E-state index in [2.05, 4.69) is 58.3 Å². The van der Waals surface area contributed by atoms with Gasteiger partial charge in [-0.25, -0.2) is 0 Å². The Morgan fingerprint density at radius 3 is 3.00 bits per heavy atom. The van der Waals surface area contributed by atoms with E-state index < -0.39 is 0 Å². The second-order valence-corrected chi connectivity index (χ2v) is 7.22. The molecule has 21 heavy (non-hydrogen) atoms. The van der Waals surface area contributed by atoms with Crippen molar-refractivity contribution in [3.8, 4) is 5.75 Å². The maximum Gasteiger partial charge on any atom is 0.125 e. The van der Waals surface area contributed by atoms with Gasteiger partial charge >= 0.3 is 0 Å². The van der Waals surface area contributed by atoms with Crippen molar-refractivity contribution in [1.82, 2.24) is 10.2 Å². The van der Waals surface area contributed by atoms with E-state index in [0.29, 0.717) is 6.04 Å². The molecule has 1 aromatic carbocycles. The molecule has 2 atom stereocenters. The van der Waals surface area contributed by atoms with E-state index in [0.717, 1.165) is 42.6 Å². The smallest absolute Gasteiger partial charge is 0.125 e. The molecule has 1 aromatic rings. The summed E-state index contributed by atoms with van der Waals surface area (Å²) in [5.74, 6) is 1.06. The number of ether oxygens (including phenoxy) is 1. The summed E-state index contributed by atoms with van der Waals surface area (Å²) in [7, 11) is 2.06. The molecule has 2 heterocycles. The minimum Gasteiger partial charge on any atom is -0.487 e. The van der Waals surface area contributed by atoms with E-state index >= 15 is 0 Å². The fourth-order valence-corrected chi connectivity index (χ4v) is 4.12. The summed E-state index contributed by atoms with van der Waals surface area (Å²) in [6.07, 6.45) is 4.60. The normalized spacial score (nSPS) is 29.8. The zero-order valence-corrected chi connectivity index (χ0v) is 14.6. The Kier molecular flexibility index (Phi) is 4.57. The van der Waals surface area contributed by atoms with Gasteiger partial charge in [0.15, 0.2) is 0 Å². The van der Waals surface area contributed by atoms with Crippen molar-refractivity contribution in [1.29, 1.82) is 0 Å². The van der Waals surface area contributed by atoms with Gasteiger partial charge in [0.1, 0.15) is 11.4 Å². The minimum atomic E-state index is 0.0123. The number of halogens is 1. The Bertz CT molecular complexity index is 508. The van der Waals surface area contributed by atoms with Crippen LogP contribution in [0.1, 0.15) is 44.2 Å². The standard InChI is InChI=1S/C17H25BrN2O/c1-3-20-9-4-7-17(8-10-20)12-15(19-2)14-11-13(18)5-6-16(14)21-17/h5-6,11,15,19H,3-4,7-10,12H2,1-2H3. The number of rotatable bonds is 2. The van der Waals surface area contributed by atoms with E-state index in [4.69, 9.17) is 4.74 Å². The number of nitrogens with zero attached hydrogens (tertiary/aromatic N) is 1. The van der Waals surface area contributed by atoms with Gasteiger partial charge in [0.2, 0.25) is 0 Å². The lowest BCUT2D eigenvalue weighted by atomic mass is 9.82. The lowest BCUT2D eigenvalue weighted by molar-refractivity contribution is 0.0177. The van der Waals surface area contributed by atoms with Crippen LogP contribution < -0.4 is 10.1 Å². The Morgan fingerprint density at radius 2 is 2.24 bits per heavy atom. The molecule has 0 aromatic heterocycles. The average molecular weight is 353 g/mol. The summed E-state index contributed by atoms with van der Waals surface area (Å²) in [5, 5.41) is 3.49. The van der Waals surface area contributed by atoms with Crippen molar-refractivity contribution in [2.45, 2.75) is 44.2 Å². The third kappa shape index (κ3) is 3.13. The number of hydrogen-bond acceptors (Lipinski definition) is 3. The van der Waals surface area contributed by atoms with Crippen LogP contribution in [0.25, 0.3) is 0 Å². The zero-order chi connectivity index (χ0) is 14.9. The Labute approximate surface area is 136 Å². The number of nitrogens with one attached hydrogen (secondary N) is 1. The number of hydrogen-bond donors (Lipinski definition) is 1. The topological polar surface area (TPSA) is 24.5 Å². The Balaban J connectivity index is 1.87. The second-order valence-electron chi connectivity index (χ2n) is 6.30. The quantitative estimate of drug-likeness (QED) is 0.877. The van der Waals surface area contributed by atoms with Crippen LogP contribution >= 0.6 is 15.9 Å². The molecular weight excluding hydrogens is 328 g/mol. The van der Waals surface area contributed by atoms with Gasteiger partial charge in [-0.3, -0.25) is 0 Å². The molecule has 1 N–H and O–H groups in total. The molecule has 0 amide bonds. The van der Waals surface area contributed by atoms with Crippen molar-refractivity contribution in [2.24, 2.45) is 0 Å². The number of likely N-dealkylation sites (tertiary alicyclic amines) is 1. The molecule has 2 aliphatic heterocycles. The van der Waals surface area contributed by atoms with E-state index in [1.165, 1.54) is 18.5 Å². The van der Waals surface area contributed by atoms with Crippen LogP contribution in [0.3, 0.4) is 0 Å². The van der Waals surface area contributed by atoms with Gasteiger partial charge in [-0.2, -0.15) is 0 Å². The number of benzene rings is 1. The van der Waals surface area contributed by atoms with Crippen LogP contribution in [-0.2, 0) is 0 Å². The maximum absolute atomic E-state index is 6.53. The molecular formula is C17H25BrN2O. The van der Waals surface area contributed by atoms with Gasteiger partial charge in [0.25, 0.3) is 0 Å². The van der Waals surface area contributed by atoms with E-state index in [1.807, 2.05) is 0 Å². The molecule has 0 saturated carbocycles. The van der Waals surface area contributed by atoms with Crippen LogP contribution in [0.2, 0.25) is 0 Å². The molecule has 3 rings (SSSR count). The highest BCUT2D eigenvalue weighted by Crippen LogP contribution is 2.44. The van der Waals surface area contributed by atoms with Crippen molar-refractivity contribution < 1.29 is 4.74 Å². The third-order valence-electron chi connectivity index (χ3n) is 5.04. The Morgan fingerprint density at radius 1 is 1.38 bits per heavy atom. The molecule has 1 saturated heterocycles. The lowest BCUT2D eigenvalue weighted by Crippen LogP contribution is -2.44. The summed E-state index contributed by atoms with van der Waals surface area (Å²) >= 11 is 3.57. The van der Waals surface area contributed by atoms with Gasteiger partial charge in [-0.05, 0) is 57.6 Å². The average Bonchev–Trinajstić information content (AvgIpc) is 2.69. The zero-order valence-electron chi connectivity index (χ0n) is 13.0. The first-order valence-corrected chi connectivity index (χ1v) is 8.83. The van der Waals surface area contributed by atoms with E-state index in [-0.39, 0.29) is 5.60 Å². The fourth-order valence-electron chi connectivity index (χ4n) is 3.74. The van der Waals surface area contributed by atoms with E-state index in [1.54, 1.807) is 0 Å². The first-order valence-electron chi connectivity index (χ1n) is 8.04. The molecule has 4 heteroatoms. The SMILES string of the molecule is CCN1CCCC2(CC1)CC(NC)c1cc(Br)ccc1O2. The van der Waals surface area contributed by atoms with Gasteiger partial charge in [-0.1, -0.05) is 22.9 Å². The fraction of sp³-hybridized carbons (Fsp3) is 0.647. The molecule has 0 aliphatic carbocycles. The van der Waals surface area contributed by atoms with Crippen LogP contribution in [0, 0.1) is 0 Å². The molecule has 2 aliphatic rings. The van der Waals surface area contributed by atoms with Crippen LogP contribution in [0.4, 0.5) is 0 Å². The highest BCUT2D eigenvalue weighted by Gasteiger charge is 2.41. The van der Waals surface area contributed by atoms with Crippen molar-refractivity contribution >= 4 is 15.9 Å². The van der Waals surface area contributed by atoms with E-state index in [9.17, 15) is 0 Å². The van der Waals surface area contributed by atoms with Crippen LogP contribution in [-0.4, -0.2) is 37.2 Å². The number of fused-ring (bicyclic) bond motifs is 1. The molecule has 3 nitrogen and oxygen atoms in total. The lowest BCUT2D eigenvalue weighted by Gasteiger charge is -2.42. The summed E-state index contributed by atoms with van der Waals surface area (Å²) in [5.41, 5.74) is 1.30. The van der Waals surface area contributed by atoms with Gasteiger partial charge < -0.3 is 15.0 Å². The second kappa shape index (κ2) is 6.27. The predicted molar refractivity (Wildman–Crippen MR) is 89.9 cm³/mol. The predicted octanol–water partition coefficient (Wildman–Crippen LogP) is 3.74. The van der Waals surface area contributed by atoms with Gasteiger partial charge in [0, 0.05) is 29.0 Å². The highest BCUT2D eigenvalue weighted by atomic mass is 79.9. The molecule has 1 spiro atoms. The molecule has 116 valence electrons. The maximum atomic E-state index is 6.53. The highest BCUT2D eigenvalue weighted by molar-refractivity contribution is 9.10. The Hall–Kier alpha value is -0.580. The minimum absolute atomic E-state index is 0.0123. The first-order chi connectivity index (χ1) is 10.2. The van der Waals surface area contributed by atoms with Crippen molar-refractivity contribution in [3.05, 3.63) is 28.2 Å². The summed E-state index contributed by atoms with van der Waals surface area (Å²) < 4.78 is 7.66. The molecule has 0 radical (unpaired) electrons. The van der Waals surface area contributed by atoms with Crippen LogP contribution in [0.5, 0.6) is 5.75 Å². The van der Waals surface area contributed by atoms with Crippen molar-refractivity contribution in [3.63, 3.8) is 0 Å². The largest absolute Gasteiger partial charge is 0.487 e. The van der Waals surface area contributed by atoms with Gasteiger partial charge in [0.05, 0.1) is 0 Å².